The molecular formula is C20H21N3. The Morgan fingerprint density at radius 1 is 0.957 bits per heavy atom. The molecule has 3 heteroatoms. The lowest BCUT2D eigenvalue weighted by atomic mass is 9.71. The minimum atomic E-state index is 0.0472. The maximum atomic E-state index is 3.79. The van der Waals surface area contributed by atoms with Gasteiger partial charge in [0.15, 0.2) is 0 Å². The van der Waals surface area contributed by atoms with Gasteiger partial charge in [-0.1, -0.05) is 44.2 Å². The predicted octanol–water partition coefficient (Wildman–Crippen LogP) is 3.66. The summed E-state index contributed by atoms with van der Waals surface area (Å²) in [5, 5.41) is 3.79. The van der Waals surface area contributed by atoms with Gasteiger partial charge in [0.1, 0.15) is 6.17 Å². The maximum Gasteiger partial charge on any atom is 0.126 e. The fraction of sp³-hybridized carbons (Fsp3) is 0.400. The van der Waals surface area contributed by atoms with Crippen molar-refractivity contribution in [2.75, 3.05) is 16.8 Å². The summed E-state index contributed by atoms with van der Waals surface area (Å²) in [6.07, 6.45) is 0.369. The second-order valence-electron chi connectivity index (χ2n) is 8.26. The van der Waals surface area contributed by atoms with E-state index >= 15 is 0 Å². The van der Waals surface area contributed by atoms with Crippen LogP contribution in [0.4, 0.5) is 17.1 Å². The van der Waals surface area contributed by atoms with Crippen molar-refractivity contribution in [3.63, 3.8) is 0 Å². The van der Waals surface area contributed by atoms with Crippen LogP contribution in [0.2, 0.25) is 0 Å². The highest BCUT2D eigenvalue weighted by molar-refractivity contribution is 5.94. The molecule has 4 heterocycles. The molecule has 3 unspecified atom stereocenters. The zero-order chi connectivity index (χ0) is 15.7. The quantitative estimate of drug-likeness (QED) is 0.753. The molecule has 4 aliphatic heterocycles. The normalized spacial score (nSPS) is 33.4. The molecule has 4 aliphatic rings. The van der Waals surface area contributed by atoms with E-state index in [4.69, 9.17) is 0 Å². The highest BCUT2D eigenvalue weighted by Gasteiger charge is 2.67. The molecule has 1 N–H and O–H groups in total. The number of anilines is 3. The van der Waals surface area contributed by atoms with E-state index < -0.39 is 0 Å². The second kappa shape index (κ2) is 3.27. The van der Waals surface area contributed by atoms with E-state index in [1.54, 1.807) is 0 Å². The third-order valence-electron chi connectivity index (χ3n) is 6.72. The predicted molar refractivity (Wildman–Crippen MR) is 93.6 cm³/mol. The van der Waals surface area contributed by atoms with Gasteiger partial charge in [-0.05, 0) is 29.7 Å². The van der Waals surface area contributed by atoms with Gasteiger partial charge in [-0.25, -0.2) is 0 Å². The Balaban J connectivity index is 1.81. The summed E-state index contributed by atoms with van der Waals surface area (Å²) in [7, 11) is 2.25. The van der Waals surface area contributed by atoms with Crippen LogP contribution in [0.15, 0.2) is 36.4 Å². The van der Waals surface area contributed by atoms with E-state index in [1.165, 1.54) is 33.8 Å². The summed E-state index contributed by atoms with van der Waals surface area (Å²) >= 11 is 0. The number of likely N-dealkylation sites (N-methyl/N-ethyl adjacent to an activating group) is 1. The van der Waals surface area contributed by atoms with Crippen LogP contribution in [0, 0.1) is 0 Å². The van der Waals surface area contributed by atoms with Gasteiger partial charge in [-0.3, -0.25) is 5.32 Å². The SMILES string of the molecule is CN1c2cccc3c2N2c4c(cccc4C3(C)C)C3NC3(C)C12. The summed E-state index contributed by atoms with van der Waals surface area (Å²) < 4.78 is 0. The molecule has 2 aromatic carbocycles. The van der Waals surface area contributed by atoms with Gasteiger partial charge in [-0.2, -0.15) is 0 Å². The van der Waals surface area contributed by atoms with Crippen LogP contribution < -0.4 is 15.1 Å². The average molecular weight is 303 g/mol. The molecule has 3 nitrogen and oxygen atoms in total. The molecule has 0 spiro atoms. The Kier molecular flexibility index (Phi) is 1.77. The van der Waals surface area contributed by atoms with Crippen LogP contribution in [0.25, 0.3) is 0 Å². The number of benzene rings is 2. The Hall–Kier alpha value is -2.00. The summed E-state index contributed by atoms with van der Waals surface area (Å²) in [5.41, 5.74) is 8.84. The van der Waals surface area contributed by atoms with Crippen molar-refractivity contribution in [1.29, 1.82) is 0 Å². The molecule has 3 atom stereocenters. The van der Waals surface area contributed by atoms with Gasteiger partial charge in [0.25, 0.3) is 0 Å². The van der Waals surface area contributed by atoms with Gasteiger partial charge in [0.05, 0.1) is 28.6 Å². The molecule has 6 rings (SSSR count). The summed E-state index contributed by atoms with van der Waals surface area (Å²) in [6, 6.07) is 14.2. The number of rotatable bonds is 0. The van der Waals surface area contributed by atoms with Crippen molar-refractivity contribution in [2.45, 2.75) is 43.9 Å². The number of fused-ring (bicyclic) bond motifs is 3. The van der Waals surface area contributed by atoms with E-state index in [9.17, 15) is 0 Å². The second-order valence-corrected chi connectivity index (χ2v) is 8.26. The van der Waals surface area contributed by atoms with E-state index in [1.807, 2.05) is 0 Å². The summed E-state index contributed by atoms with van der Waals surface area (Å²) in [6.45, 7) is 7.12. The Morgan fingerprint density at radius 3 is 2.43 bits per heavy atom. The highest BCUT2D eigenvalue weighted by atomic mass is 15.5. The van der Waals surface area contributed by atoms with Crippen molar-refractivity contribution in [3.05, 3.63) is 53.1 Å². The Labute approximate surface area is 136 Å². The minimum Gasteiger partial charge on any atom is -0.351 e. The van der Waals surface area contributed by atoms with Crippen molar-refractivity contribution < 1.29 is 0 Å². The summed E-state index contributed by atoms with van der Waals surface area (Å²) in [4.78, 5) is 5.10. The molecule has 1 fully saturated rings. The number of nitrogens with zero attached hydrogens (tertiary/aromatic N) is 2. The van der Waals surface area contributed by atoms with E-state index in [2.05, 4.69) is 79.3 Å². The lowest BCUT2D eigenvalue weighted by molar-refractivity contribution is 0.487. The average Bonchev–Trinajstić information content (AvgIpc) is 3.14. The Morgan fingerprint density at radius 2 is 1.65 bits per heavy atom. The highest BCUT2D eigenvalue weighted by Crippen LogP contribution is 2.65. The monoisotopic (exact) mass is 303 g/mol. The first kappa shape index (κ1) is 12.4. The van der Waals surface area contributed by atoms with Crippen molar-refractivity contribution >= 4 is 17.1 Å². The van der Waals surface area contributed by atoms with Crippen molar-refractivity contribution in [1.82, 2.24) is 5.32 Å². The molecule has 23 heavy (non-hydrogen) atoms. The third-order valence-corrected chi connectivity index (χ3v) is 6.72. The van der Waals surface area contributed by atoms with E-state index in [0.717, 1.165) is 0 Å². The first-order chi connectivity index (χ1) is 11.0. The molecule has 0 aromatic heterocycles. The third kappa shape index (κ3) is 1.09. The molecule has 0 bridgehead atoms. The molecule has 0 radical (unpaired) electrons. The molecule has 0 saturated carbocycles. The molecule has 116 valence electrons. The largest absolute Gasteiger partial charge is 0.351 e. The smallest absolute Gasteiger partial charge is 0.126 e. The lowest BCUT2D eigenvalue weighted by Crippen LogP contribution is -2.53. The number of hydrogen-bond acceptors (Lipinski definition) is 3. The maximum absolute atomic E-state index is 3.79. The molecule has 0 aliphatic carbocycles. The van der Waals surface area contributed by atoms with Gasteiger partial charge < -0.3 is 9.80 Å². The van der Waals surface area contributed by atoms with Crippen LogP contribution in [0.5, 0.6) is 0 Å². The first-order valence-electron chi connectivity index (χ1n) is 8.53. The van der Waals surface area contributed by atoms with Crippen molar-refractivity contribution in [2.24, 2.45) is 0 Å². The molecular weight excluding hydrogens is 282 g/mol. The molecule has 2 aromatic rings. The lowest BCUT2D eigenvalue weighted by Gasteiger charge is -2.46. The van der Waals surface area contributed by atoms with Crippen LogP contribution in [0.3, 0.4) is 0 Å². The van der Waals surface area contributed by atoms with Crippen LogP contribution in [-0.2, 0) is 5.41 Å². The minimum absolute atomic E-state index is 0.0472. The molecule has 0 amide bonds. The van der Waals surface area contributed by atoms with E-state index in [-0.39, 0.29) is 11.0 Å². The molecule has 1 saturated heterocycles. The number of hydrogen-bond donors (Lipinski definition) is 1. The summed E-state index contributed by atoms with van der Waals surface area (Å²) in [5.74, 6) is 0. The van der Waals surface area contributed by atoms with E-state index in [0.29, 0.717) is 12.2 Å². The van der Waals surface area contributed by atoms with Gasteiger partial charge in [0.2, 0.25) is 0 Å². The van der Waals surface area contributed by atoms with Gasteiger partial charge >= 0.3 is 0 Å². The van der Waals surface area contributed by atoms with Crippen molar-refractivity contribution in [3.8, 4) is 0 Å². The zero-order valence-electron chi connectivity index (χ0n) is 14.0. The van der Waals surface area contributed by atoms with Crippen LogP contribution in [0.1, 0.15) is 43.5 Å². The first-order valence-corrected chi connectivity index (χ1v) is 8.53. The van der Waals surface area contributed by atoms with Crippen LogP contribution >= 0.6 is 0 Å². The number of para-hydroxylation sites is 2. The zero-order valence-corrected chi connectivity index (χ0v) is 14.0. The fourth-order valence-electron chi connectivity index (χ4n) is 5.51. The number of nitrogens with one attached hydrogen (secondary N) is 1. The standard InChI is InChI=1S/C20H21N3/c1-19(2)12-8-5-7-11-15(12)23-16-13(19)9-6-10-14(16)22(4)18(23)20(3)17(11)21-20/h5-10,17-18,21H,1-4H3. The van der Waals surface area contributed by atoms with Gasteiger partial charge in [-0.15, -0.1) is 0 Å². The Bertz CT molecular complexity index is 900. The van der Waals surface area contributed by atoms with Crippen LogP contribution in [-0.4, -0.2) is 18.8 Å². The fourth-order valence-corrected chi connectivity index (χ4v) is 5.51. The van der Waals surface area contributed by atoms with Gasteiger partial charge in [0, 0.05) is 12.5 Å². The topological polar surface area (TPSA) is 28.4 Å².